The Labute approximate surface area is 97.6 Å². The highest BCUT2D eigenvalue weighted by Crippen LogP contribution is 2.34. The standard InChI is InChI=1S/C13H21NO2/c1-9(14)12-10(15-5)7-6-8-11(12)16-13(2,3)4/h6-9H,14H2,1-5H3. The smallest absolute Gasteiger partial charge is 0.128 e. The summed E-state index contributed by atoms with van der Waals surface area (Å²) < 4.78 is 11.2. The Kier molecular flexibility index (Phi) is 3.81. The topological polar surface area (TPSA) is 44.5 Å². The van der Waals surface area contributed by atoms with Gasteiger partial charge in [-0.15, -0.1) is 0 Å². The minimum absolute atomic E-state index is 0.117. The highest BCUT2D eigenvalue weighted by Gasteiger charge is 2.19. The molecule has 1 rings (SSSR count). The first-order valence-electron chi connectivity index (χ1n) is 5.46. The molecule has 1 atom stereocenters. The van der Waals surface area contributed by atoms with Gasteiger partial charge < -0.3 is 15.2 Å². The molecule has 0 spiro atoms. The van der Waals surface area contributed by atoms with Crippen molar-refractivity contribution < 1.29 is 9.47 Å². The Hall–Kier alpha value is -1.22. The first kappa shape index (κ1) is 12.8. The molecule has 1 unspecified atom stereocenters. The van der Waals surface area contributed by atoms with E-state index >= 15 is 0 Å². The van der Waals surface area contributed by atoms with Gasteiger partial charge in [-0.1, -0.05) is 6.07 Å². The Morgan fingerprint density at radius 1 is 1.19 bits per heavy atom. The summed E-state index contributed by atoms with van der Waals surface area (Å²) in [5.74, 6) is 1.57. The number of benzene rings is 1. The number of methoxy groups -OCH3 is 1. The van der Waals surface area contributed by atoms with Gasteiger partial charge in [0, 0.05) is 6.04 Å². The number of hydrogen-bond acceptors (Lipinski definition) is 3. The summed E-state index contributed by atoms with van der Waals surface area (Å²) in [6.07, 6.45) is 0. The van der Waals surface area contributed by atoms with E-state index in [9.17, 15) is 0 Å². The summed E-state index contributed by atoms with van der Waals surface area (Å²) in [6.45, 7) is 7.96. The maximum Gasteiger partial charge on any atom is 0.128 e. The van der Waals surface area contributed by atoms with Gasteiger partial charge in [-0.2, -0.15) is 0 Å². The van der Waals surface area contributed by atoms with Gasteiger partial charge in [-0.25, -0.2) is 0 Å². The predicted octanol–water partition coefficient (Wildman–Crippen LogP) is 2.89. The molecule has 0 aromatic heterocycles. The maximum absolute atomic E-state index is 5.95. The molecule has 0 fully saturated rings. The van der Waals surface area contributed by atoms with Gasteiger partial charge >= 0.3 is 0 Å². The van der Waals surface area contributed by atoms with E-state index < -0.39 is 0 Å². The van der Waals surface area contributed by atoms with Gasteiger partial charge in [0.2, 0.25) is 0 Å². The van der Waals surface area contributed by atoms with Gasteiger partial charge in [0.25, 0.3) is 0 Å². The van der Waals surface area contributed by atoms with E-state index in [1.165, 1.54) is 0 Å². The van der Waals surface area contributed by atoms with Crippen molar-refractivity contribution in [2.75, 3.05) is 7.11 Å². The molecule has 0 heterocycles. The molecule has 90 valence electrons. The molecule has 0 saturated heterocycles. The van der Waals surface area contributed by atoms with E-state index in [1.54, 1.807) is 7.11 Å². The van der Waals surface area contributed by atoms with Crippen LogP contribution in [0.1, 0.15) is 39.3 Å². The van der Waals surface area contributed by atoms with Crippen LogP contribution >= 0.6 is 0 Å². The molecule has 1 aromatic rings. The second-order valence-electron chi connectivity index (χ2n) is 4.88. The molecule has 16 heavy (non-hydrogen) atoms. The fourth-order valence-electron chi connectivity index (χ4n) is 1.57. The fourth-order valence-corrected chi connectivity index (χ4v) is 1.57. The van der Waals surface area contributed by atoms with E-state index in [0.29, 0.717) is 0 Å². The molecular weight excluding hydrogens is 202 g/mol. The second kappa shape index (κ2) is 4.74. The van der Waals surface area contributed by atoms with Gasteiger partial charge in [-0.3, -0.25) is 0 Å². The fraction of sp³-hybridized carbons (Fsp3) is 0.538. The quantitative estimate of drug-likeness (QED) is 0.857. The van der Waals surface area contributed by atoms with Crippen LogP contribution in [0.5, 0.6) is 11.5 Å². The molecule has 0 aliphatic carbocycles. The monoisotopic (exact) mass is 223 g/mol. The van der Waals surface area contributed by atoms with Crippen molar-refractivity contribution in [2.24, 2.45) is 5.73 Å². The SMILES string of the molecule is COc1cccc(OC(C)(C)C)c1C(C)N. The van der Waals surface area contributed by atoms with Crippen molar-refractivity contribution in [3.63, 3.8) is 0 Å². The zero-order valence-electron chi connectivity index (χ0n) is 10.7. The first-order valence-corrected chi connectivity index (χ1v) is 5.46. The van der Waals surface area contributed by atoms with Crippen LogP contribution in [-0.4, -0.2) is 12.7 Å². The number of rotatable bonds is 3. The van der Waals surface area contributed by atoms with Gasteiger partial charge in [-0.05, 0) is 39.8 Å². The lowest BCUT2D eigenvalue weighted by molar-refractivity contribution is 0.128. The van der Waals surface area contributed by atoms with E-state index in [2.05, 4.69) is 0 Å². The molecule has 1 aromatic carbocycles. The molecule has 0 aliphatic rings. The van der Waals surface area contributed by atoms with Gasteiger partial charge in [0.05, 0.1) is 12.7 Å². The van der Waals surface area contributed by atoms with Crippen molar-refractivity contribution in [1.82, 2.24) is 0 Å². The molecule has 0 bridgehead atoms. The van der Waals surface area contributed by atoms with Crippen LogP contribution in [0.3, 0.4) is 0 Å². The van der Waals surface area contributed by atoms with Crippen LogP contribution in [0.4, 0.5) is 0 Å². The summed E-state index contributed by atoms with van der Waals surface area (Å²) in [7, 11) is 1.64. The molecular formula is C13H21NO2. The maximum atomic E-state index is 5.95. The molecule has 3 nitrogen and oxygen atoms in total. The minimum atomic E-state index is -0.240. The van der Waals surface area contributed by atoms with Crippen LogP contribution in [0, 0.1) is 0 Å². The van der Waals surface area contributed by atoms with Crippen molar-refractivity contribution >= 4 is 0 Å². The van der Waals surface area contributed by atoms with Crippen molar-refractivity contribution in [3.05, 3.63) is 23.8 Å². The van der Waals surface area contributed by atoms with E-state index in [1.807, 2.05) is 45.9 Å². The van der Waals surface area contributed by atoms with Gasteiger partial charge in [0.15, 0.2) is 0 Å². The third kappa shape index (κ3) is 3.14. The lowest BCUT2D eigenvalue weighted by atomic mass is 10.1. The summed E-state index contributed by atoms with van der Waals surface area (Å²) in [4.78, 5) is 0. The normalized spacial score (nSPS) is 13.4. The molecule has 0 amide bonds. The Bertz CT molecular complexity index is 353. The van der Waals surface area contributed by atoms with Crippen LogP contribution < -0.4 is 15.2 Å². The van der Waals surface area contributed by atoms with Crippen molar-refractivity contribution in [2.45, 2.75) is 39.3 Å². The van der Waals surface area contributed by atoms with Gasteiger partial charge in [0.1, 0.15) is 17.1 Å². The first-order chi connectivity index (χ1) is 7.35. The van der Waals surface area contributed by atoms with Crippen LogP contribution in [0.25, 0.3) is 0 Å². The number of hydrogen-bond donors (Lipinski definition) is 1. The minimum Gasteiger partial charge on any atom is -0.496 e. The van der Waals surface area contributed by atoms with E-state index in [-0.39, 0.29) is 11.6 Å². The average Bonchev–Trinajstić information content (AvgIpc) is 2.14. The number of nitrogens with two attached hydrogens (primary N) is 1. The summed E-state index contributed by atoms with van der Waals surface area (Å²) >= 11 is 0. The van der Waals surface area contributed by atoms with Crippen LogP contribution in [0.2, 0.25) is 0 Å². The summed E-state index contributed by atoms with van der Waals surface area (Å²) in [5, 5.41) is 0. The van der Waals surface area contributed by atoms with E-state index in [4.69, 9.17) is 15.2 Å². The lowest BCUT2D eigenvalue weighted by Gasteiger charge is -2.25. The second-order valence-corrected chi connectivity index (χ2v) is 4.88. The lowest BCUT2D eigenvalue weighted by Crippen LogP contribution is -2.24. The van der Waals surface area contributed by atoms with E-state index in [0.717, 1.165) is 17.1 Å². The third-order valence-electron chi connectivity index (χ3n) is 2.12. The average molecular weight is 223 g/mol. The zero-order chi connectivity index (χ0) is 12.3. The highest BCUT2D eigenvalue weighted by atomic mass is 16.5. The third-order valence-corrected chi connectivity index (χ3v) is 2.12. The number of ether oxygens (including phenoxy) is 2. The molecule has 2 N–H and O–H groups in total. The Balaban J connectivity index is 3.17. The van der Waals surface area contributed by atoms with Crippen LogP contribution in [-0.2, 0) is 0 Å². The van der Waals surface area contributed by atoms with Crippen LogP contribution in [0.15, 0.2) is 18.2 Å². The van der Waals surface area contributed by atoms with Crippen molar-refractivity contribution in [1.29, 1.82) is 0 Å². The molecule has 0 saturated carbocycles. The molecule has 0 aliphatic heterocycles. The largest absolute Gasteiger partial charge is 0.496 e. The summed E-state index contributed by atoms with van der Waals surface area (Å²) in [6, 6.07) is 5.61. The predicted molar refractivity (Wildman–Crippen MR) is 66.0 cm³/mol. The van der Waals surface area contributed by atoms with Crippen molar-refractivity contribution in [3.8, 4) is 11.5 Å². The molecule has 3 heteroatoms. The highest BCUT2D eigenvalue weighted by molar-refractivity contribution is 5.46. The Morgan fingerprint density at radius 3 is 2.19 bits per heavy atom. The molecule has 0 radical (unpaired) electrons. The Morgan fingerprint density at radius 2 is 1.75 bits per heavy atom. The summed E-state index contributed by atoms with van der Waals surface area (Å²) in [5.41, 5.74) is 6.63. The zero-order valence-corrected chi connectivity index (χ0v) is 10.7.